The fraction of sp³-hybridized carbons (Fsp3) is 0.700. The van der Waals surface area contributed by atoms with E-state index in [-0.39, 0.29) is 41.3 Å². The van der Waals surface area contributed by atoms with Crippen LogP contribution >= 0.6 is 24.0 Å². The second kappa shape index (κ2) is 8.69. The highest BCUT2D eigenvalue weighted by Gasteiger charge is 2.59. The van der Waals surface area contributed by atoms with Crippen LogP contribution in [0.5, 0.6) is 0 Å². The standard InChI is InChI=1S/C20H30FN5O.HI/c1-4-22-19(25-16-14-8-11-27-17(14)20(16,2)3)24-13-7-10-26(12-13)18-15(21)6-5-9-23-18;/h5-6,9,13-14,16-17H,4,7-8,10-12H2,1-3H3,(H2,22,24,25);1H. The molecule has 4 rings (SSSR count). The Morgan fingerprint density at radius 3 is 2.96 bits per heavy atom. The molecule has 156 valence electrons. The zero-order valence-electron chi connectivity index (χ0n) is 16.8. The summed E-state index contributed by atoms with van der Waals surface area (Å²) in [5.41, 5.74) is 0.107. The van der Waals surface area contributed by atoms with E-state index >= 15 is 0 Å². The van der Waals surface area contributed by atoms with Crippen LogP contribution in [0.2, 0.25) is 0 Å². The zero-order chi connectivity index (χ0) is 19.0. The van der Waals surface area contributed by atoms with Gasteiger partial charge in [-0.15, -0.1) is 24.0 Å². The number of nitrogens with one attached hydrogen (secondary N) is 2. The van der Waals surface area contributed by atoms with Gasteiger partial charge in [-0.1, -0.05) is 13.8 Å². The van der Waals surface area contributed by atoms with Crippen LogP contribution in [0.15, 0.2) is 23.3 Å². The maximum Gasteiger partial charge on any atom is 0.191 e. The molecule has 0 amide bonds. The van der Waals surface area contributed by atoms with Gasteiger partial charge in [0.2, 0.25) is 0 Å². The Morgan fingerprint density at radius 1 is 1.39 bits per heavy atom. The number of pyridine rings is 1. The first kappa shape index (κ1) is 21.5. The van der Waals surface area contributed by atoms with Crippen molar-refractivity contribution in [2.75, 3.05) is 31.1 Å². The Labute approximate surface area is 183 Å². The number of anilines is 1. The summed E-state index contributed by atoms with van der Waals surface area (Å²) in [7, 11) is 0. The SMILES string of the molecule is CCN=C(NC1CCN(c2ncccc2F)C1)NC1C2CCOC2C1(C)C.I. The molecule has 28 heavy (non-hydrogen) atoms. The fourth-order valence-corrected chi connectivity index (χ4v) is 4.93. The molecule has 0 aromatic carbocycles. The molecule has 4 unspecified atom stereocenters. The van der Waals surface area contributed by atoms with Crippen molar-refractivity contribution in [2.45, 2.75) is 51.8 Å². The highest BCUT2D eigenvalue weighted by molar-refractivity contribution is 14.0. The molecule has 6 nitrogen and oxygen atoms in total. The van der Waals surface area contributed by atoms with E-state index in [1.54, 1.807) is 12.3 Å². The molecule has 1 aliphatic carbocycles. The lowest BCUT2D eigenvalue weighted by Crippen LogP contribution is -2.68. The molecule has 2 saturated heterocycles. The van der Waals surface area contributed by atoms with Gasteiger partial charge in [-0.25, -0.2) is 9.37 Å². The molecular weight excluding hydrogens is 472 g/mol. The van der Waals surface area contributed by atoms with Crippen molar-refractivity contribution >= 4 is 35.8 Å². The van der Waals surface area contributed by atoms with Gasteiger partial charge in [0.1, 0.15) is 0 Å². The summed E-state index contributed by atoms with van der Waals surface area (Å²) in [4.78, 5) is 10.9. The van der Waals surface area contributed by atoms with Gasteiger partial charge < -0.3 is 20.3 Å². The van der Waals surface area contributed by atoms with Crippen LogP contribution in [0, 0.1) is 17.2 Å². The second-order valence-corrected chi connectivity index (χ2v) is 8.40. The lowest BCUT2D eigenvalue weighted by atomic mass is 9.57. The Bertz CT molecular complexity index is 716. The van der Waals surface area contributed by atoms with Crippen molar-refractivity contribution in [1.82, 2.24) is 15.6 Å². The Kier molecular flexibility index (Phi) is 6.69. The second-order valence-electron chi connectivity index (χ2n) is 8.40. The van der Waals surface area contributed by atoms with Gasteiger partial charge in [0, 0.05) is 55.9 Å². The predicted molar refractivity (Wildman–Crippen MR) is 120 cm³/mol. The van der Waals surface area contributed by atoms with E-state index in [4.69, 9.17) is 4.74 Å². The molecule has 0 bridgehead atoms. The highest BCUT2D eigenvalue weighted by atomic mass is 127. The smallest absolute Gasteiger partial charge is 0.191 e. The van der Waals surface area contributed by atoms with Gasteiger partial charge in [0.15, 0.2) is 17.6 Å². The van der Waals surface area contributed by atoms with E-state index in [1.807, 2.05) is 11.8 Å². The average molecular weight is 503 g/mol. The van der Waals surface area contributed by atoms with Crippen molar-refractivity contribution in [3.8, 4) is 0 Å². The van der Waals surface area contributed by atoms with Gasteiger partial charge in [-0.05, 0) is 31.9 Å². The molecule has 4 atom stereocenters. The third-order valence-corrected chi connectivity index (χ3v) is 6.28. The highest BCUT2D eigenvalue weighted by Crippen LogP contribution is 2.52. The van der Waals surface area contributed by atoms with E-state index < -0.39 is 0 Å². The number of halogens is 2. The minimum atomic E-state index is -0.262. The number of guanidine groups is 1. The van der Waals surface area contributed by atoms with Crippen molar-refractivity contribution in [3.63, 3.8) is 0 Å². The molecule has 2 N–H and O–H groups in total. The molecule has 3 fully saturated rings. The lowest BCUT2D eigenvalue weighted by molar-refractivity contribution is -0.106. The summed E-state index contributed by atoms with van der Waals surface area (Å²) >= 11 is 0. The van der Waals surface area contributed by atoms with Gasteiger partial charge in [0.05, 0.1) is 6.10 Å². The summed E-state index contributed by atoms with van der Waals surface area (Å²) in [5, 5.41) is 7.22. The molecule has 0 spiro atoms. The summed E-state index contributed by atoms with van der Waals surface area (Å²) in [5.74, 6) is 1.60. The topological polar surface area (TPSA) is 61.8 Å². The van der Waals surface area contributed by atoms with Crippen molar-refractivity contribution in [2.24, 2.45) is 16.3 Å². The van der Waals surface area contributed by atoms with Crippen molar-refractivity contribution in [3.05, 3.63) is 24.1 Å². The van der Waals surface area contributed by atoms with Gasteiger partial charge in [-0.3, -0.25) is 4.99 Å². The summed E-state index contributed by atoms with van der Waals surface area (Å²) in [6.07, 6.45) is 4.04. The van der Waals surface area contributed by atoms with Crippen molar-refractivity contribution < 1.29 is 9.13 Å². The number of nitrogens with zero attached hydrogens (tertiary/aromatic N) is 3. The Hall–Kier alpha value is -1.16. The van der Waals surface area contributed by atoms with Gasteiger partial charge in [-0.2, -0.15) is 0 Å². The summed E-state index contributed by atoms with van der Waals surface area (Å²) in [6, 6.07) is 3.69. The Balaban J connectivity index is 0.00000225. The number of fused-ring (bicyclic) bond motifs is 1. The monoisotopic (exact) mass is 503 g/mol. The molecule has 0 radical (unpaired) electrons. The first-order valence-electron chi connectivity index (χ1n) is 10.0. The quantitative estimate of drug-likeness (QED) is 0.376. The van der Waals surface area contributed by atoms with Crippen LogP contribution in [-0.4, -0.2) is 55.4 Å². The molecule has 3 heterocycles. The van der Waals surface area contributed by atoms with Crippen LogP contribution in [0.1, 0.15) is 33.6 Å². The van der Waals surface area contributed by atoms with E-state index in [0.717, 1.165) is 45.0 Å². The van der Waals surface area contributed by atoms with Crippen LogP contribution < -0.4 is 15.5 Å². The van der Waals surface area contributed by atoms with Gasteiger partial charge >= 0.3 is 0 Å². The molecular formula is C20H31FIN5O. The zero-order valence-corrected chi connectivity index (χ0v) is 19.2. The molecule has 1 saturated carbocycles. The Morgan fingerprint density at radius 2 is 2.21 bits per heavy atom. The summed E-state index contributed by atoms with van der Waals surface area (Å²) < 4.78 is 19.9. The van der Waals surface area contributed by atoms with E-state index in [0.29, 0.717) is 23.9 Å². The van der Waals surface area contributed by atoms with Crippen LogP contribution in [0.25, 0.3) is 0 Å². The maximum absolute atomic E-state index is 14.0. The minimum absolute atomic E-state index is 0. The van der Waals surface area contributed by atoms with Crippen molar-refractivity contribution in [1.29, 1.82) is 0 Å². The van der Waals surface area contributed by atoms with Crippen LogP contribution in [-0.2, 0) is 4.74 Å². The predicted octanol–water partition coefficient (Wildman–Crippen LogP) is 2.79. The number of hydrogen-bond acceptors (Lipinski definition) is 4. The number of aliphatic imine (C=N–C) groups is 1. The molecule has 1 aromatic rings. The van der Waals surface area contributed by atoms with E-state index in [9.17, 15) is 4.39 Å². The minimum Gasteiger partial charge on any atom is -0.377 e. The maximum atomic E-state index is 14.0. The first-order valence-corrected chi connectivity index (χ1v) is 10.0. The van der Waals surface area contributed by atoms with Gasteiger partial charge in [0.25, 0.3) is 0 Å². The number of rotatable bonds is 4. The molecule has 1 aromatic heterocycles. The average Bonchev–Trinajstić information content (AvgIpc) is 3.28. The van der Waals surface area contributed by atoms with E-state index in [1.165, 1.54) is 6.07 Å². The van der Waals surface area contributed by atoms with E-state index in [2.05, 4.69) is 34.5 Å². The lowest BCUT2D eigenvalue weighted by Gasteiger charge is -2.55. The molecule has 8 heteroatoms. The summed E-state index contributed by atoms with van der Waals surface area (Å²) in [6.45, 7) is 9.67. The number of ether oxygens (including phenoxy) is 1. The third-order valence-electron chi connectivity index (χ3n) is 6.28. The number of hydrogen-bond donors (Lipinski definition) is 2. The number of aromatic nitrogens is 1. The molecule has 3 aliphatic rings. The third kappa shape index (κ3) is 3.94. The normalized spacial score (nSPS) is 31.0. The fourth-order valence-electron chi connectivity index (χ4n) is 4.93. The van der Waals surface area contributed by atoms with Crippen LogP contribution in [0.3, 0.4) is 0 Å². The van der Waals surface area contributed by atoms with Crippen LogP contribution in [0.4, 0.5) is 10.2 Å². The largest absolute Gasteiger partial charge is 0.377 e. The first-order chi connectivity index (χ1) is 13.0. The molecule has 2 aliphatic heterocycles.